The first-order chi connectivity index (χ1) is 11.3. The summed E-state index contributed by atoms with van der Waals surface area (Å²) in [5, 5.41) is 8.90. The Morgan fingerprint density at radius 2 is 2.25 bits per heavy atom. The molecule has 0 spiro atoms. The quantitative estimate of drug-likeness (QED) is 0.860. The van der Waals surface area contributed by atoms with E-state index in [9.17, 15) is 13.2 Å². The highest BCUT2D eigenvalue weighted by Gasteiger charge is 2.21. The van der Waals surface area contributed by atoms with Crippen molar-refractivity contribution in [3.63, 3.8) is 0 Å². The maximum absolute atomic E-state index is 12.2. The second kappa shape index (κ2) is 7.97. The van der Waals surface area contributed by atoms with Crippen molar-refractivity contribution in [3.05, 3.63) is 28.8 Å². The molecule has 1 N–H and O–H groups in total. The largest absolute Gasteiger partial charge is 0.342 e. The molecule has 0 aromatic heterocycles. The molecule has 1 fully saturated rings. The minimum Gasteiger partial charge on any atom is -0.342 e. The molecule has 0 bridgehead atoms. The number of nitriles is 1. The fourth-order valence-electron chi connectivity index (χ4n) is 2.70. The number of nitrogens with zero attached hydrogens (tertiary/aromatic N) is 2. The highest BCUT2D eigenvalue weighted by molar-refractivity contribution is 7.89. The van der Waals surface area contributed by atoms with Gasteiger partial charge in [-0.15, -0.1) is 0 Å². The lowest BCUT2D eigenvalue weighted by atomic mass is 10.0. The standard InChI is InChI=1S/C16H20ClN3O3S/c1-12-3-2-8-20(11-12)16(21)6-7-19-24(22,23)14-5-4-13(10-18)15(17)9-14/h4-5,9,12,19H,2-3,6-8,11H2,1H3/t12-/m0/s1. The van der Waals surface area contributed by atoms with Crippen molar-refractivity contribution in [1.82, 2.24) is 9.62 Å². The van der Waals surface area contributed by atoms with Gasteiger partial charge in [0.05, 0.1) is 15.5 Å². The molecule has 1 amide bonds. The molecule has 2 rings (SSSR count). The molecule has 0 radical (unpaired) electrons. The lowest BCUT2D eigenvalue weighted by molar-refractivity contribution is -0.132. The fraction of sp³-hybridized carbons (Fsp3) is 0.500. The molecule has 1 atom stereocenters. The number of hydrogen-bond acceptors (Lipinski definition) is 4. The number of benzene rings is 1. The van der Waals surface area contributed by atoms with E-state index >= 15 is 0 Å². The smallest absolute Gasteiger partial charge is 0.240 e. The minimum atomic E-state index is -3.76. The molecule has 0 aliphatic carbocycles. The first-order valence-corrected chi connectivity index (χ1v) is 9.66. The zero-order valence-corrected chi connectivity index (χ0v) is 15.0. The summed E-state index contributed by atoms with van der Waals surface area (Å²) >= 11 is 5.86. The zero-order valence-electron chi connectivity index (χ0n) is 13.5. The van der Waals surface area contributed by atoms with Crippen molar-refractivity contribution in [2.24, 2.45) is 5.92 Å². The third kappa shape index (κ3) is 4.69. The summed E-state index contributed by atoms with van der Waals surface area (Å²) in [5.74, 6) is 0.447. The molecular formula is C16H20ClN3O3S. The minimum absolute atomic E-state index is 0.0226. The molecule has 8 heteroatoms. The molecule has 130 valence electrons. The fourth-order valence-corrected chi connectivity index (χ4v) is 4.05. The molecule has 0 saturated carbocycles. The molecule has 1 aliphatic heterocycles. The van der Waals surface area contributed by atoms with Crippen LogP contribution in [0.3, 0.4) is 0 Å². The van der Waals surface area contributed by atoms with E-state index in [1.54, 1.807) is 4.90 Å². The van der Waals surface area contributed by atoms with E-state index < -0.39 is 10.0 Å². The van der Waals surface area contributed by atoms with Crippen molar-refractivity contribution >= 4 is 27.5 Å². The van der Waals surface area contributed by atoms with Crippen LogP contribution in [-0.2, 0) is 14.8 Å². The number of rotatable bonds is 5. The van der Waals surface area contributed by atoms with Crippen molar-refractivity contribution in [3.8, 4) is 6.07 Å². The number of carbonyl (C=O) groups excluding carboxylic acids is 1. The molecule has 1 saturated heterocycles. The topological polar surface area (TPSA) is 90.3 Å². The number of nitrogens with one attached hydrogen (secondary N) is 1. The molecule has 24 heavy (non-hydrogen) atoms. The van der Waals surface area contributed by atoms with Crippen LogP contribution in [0.5, 0.6) is 0 Å². The van der Waals surface area contributed by atoms with E-state index in [0.29, 0.717) is 5.92 Å². The third-order valence-corrected chi connectivity index (χ3v) is 5.78. The molecular weight excluding hydrogens is 350 g/mol. The van der Waals surface area contributed by atoms with E-state index in [4.69, 9.17) is 16.9 Å². The maximum Gasteiger partial charge on any atom is 0.240 e. The number of carbonyl (C=O) groups is 1. The van der Waals surface area contributed by atoms with Gasteiger partial charge in [-0.1, -0.05) is 18.5 Å². The van der Waals surface area contributed by atoms with Gasteiger partial charge in [-0.2, -0.15) is 5.26 Å². The molecule has 1 aromatic rings. The van der Waals surface area contributed by atoms with Gasteiger partial charge in [0.1, 0.15) is 6.07 Å². The highest BCUT2D eigenvalue weighted by atomic mass is 35.5. The van der Waals surface area contributed by atoms with Crippen LogP contribution in [0.15, 0.2) is 23.1 Å². The Morgan fingerprint density at radius 1 is 1.50 bits per heavy atom. The van der Waals surface area contributed by atoms with Gasteiger partial charge < -0.3 is 4.90 Å². The highest BCUT2D eigenvalue weighted by Crippen LogP contribution is 2.20. The Balaban J connectivity index is 1.92. The van der Waals surface area contributed by atoms with Crippen molar-refractivity contribution in [2.45, 2.75) is 31.1 Å². The summed E-state index contributed by atoms with van der Waals surface area (Å²) in [6.07, 6.45) is 2.23. The first kappa shape index (κ1) is 18.7. The average Bonchev–Trinajstić information content (AvgIpc) is 2.54. The molecule has 1 aliphatic rings. The number of piperidine rings is 1. The molecule has 1 heterocycles. The van der Waals surface area contributed by atoms with E-state index in [-0.39, 0.29) is 34.4 Å². The Kier molecular flexibility index (Phi) is 6.21. The number of hydrogen-bond donors (Lipinski definition) is 1. The Labute approximate surface area is 147 Å². The predicted octanol–water partition coefficient (Wildman–Crippen LogP) is 2.14. The van der Waals surface area contributed by atoms with Crippen LogP contribution in [0.4, 0.5) is 0 Å². The Bertz CT molecular complexity index is 758. The summed E-state index contributed by atoms with van der Waals surface area (Å²) in [5.41, 5.74) is 0.213. The normalized spacial score (nSPS) is 18.2. The van der Waals surface area contributed by atoms with Crippen molar-refractivity contribution < 1.29 is 13.2 Å². The van der Waals surface area contributed by atoms with Crippen LogP contribution in [0.25, 0.3) is 0 Å². The summed E-state index contributed by atoms with van der Waals surface area (Å²) in [6.45, 7) is 3.61. The van der Waals surface area contributed by atoms with Crippen LogP contribution in [0.2, 0.25) is 5.02 Å². The number of likely N-dealkylation sites (tertiary alicyclic amines) is 1. The second-order valence-electron chi connectivity index (χ2n) is 5.99. The monoisotopic (exact) mass is 369 g/mol. The van der Waals surface area contributed by atoms with E-state index in [1.807, 2.05) is 6.07 Å². The number of amides is 1. The lowest BCUT2D eigenvalue weighted by Gasteiger charge is -2.31. The molecule has 1 aromatic carbocycles. The van der Waals surface area contributed by atoms with Crippen LogP contribution < -0.4 is 4.72 Å². The average molecular weight is 370 g/mol. The van der Waals surface area contributed by atoms with E-state index in [0.717, 1.165) is 25.9 Å². The summed E-state index contributed by atoms with van der Waals surface area (Å²) in [6, 6.07) is 5.79. The van der Waals surface area contributed by atoms with Gasteiger partial charge in [0.25, 0.3) is 0 Å². The SMILES string of the molecule is C[C@H]1CCCN(C(=O)CCNS(=O)(=O)c2ccc(C#N)c(Cl)c2)C1. The van der Waals surface area contributed by atoms with Gasteiger partial charge in [-0.3, -0.25) is 4.79 Å². The number of halogens is 1. The Morgan fingerprint density at radius 3 is 2.88 bits per heavy atom. The van der Waals surface area contributed by atoms with Crippen molar-refractivity contribution in [2.75, 3.05) is 19.6 Å². The van der Waals surface area contributed by atoms with Gasteiger partial charge in [0, 0.05) is 26.1 Å². The lowest BCUT2D eigenvalue weighted by Crippen LogP contribution is -2.40. The molecule has 0 unspecified atom stereocenters. The second-order valence-corrected chi connectivity index (χ2v) is 8.16. The van der Waals surface area contributed by atoms with Gasteiger partial charge in [-0.05, 0) is 37.0 Å². The number of sulfonamides is 1. The van der Waals surface area contributed by atoms with Gasteiger partial charge in [0.2, 0.25) is 15.9 Å². The van der Waals surface area contributed by atoms with E-state index in [1.165, 1.54) is 18.2 Å². The van der Waals surface area contributed by atoms with E-state index in [2.05, 4.69) is 11.6 Å². The van der Waals surface area contributed by atoms with Crippen molar-refractivity contribution in [1.29, 1.82) is 5.26 Å². The van der Waals surface area contributed by atoms with Crippen LogP contribution >= 0.6 is 11.6 Å². The van der Waals surface area contributed by atoms with Crippen LogP contribution in [0, 0.1) is 17.2 Å². The zero-order chi connectivity index (χ0) is 17.7. The Hall–Kier alpha value is -1.62. The van der Waals surface area contributed by atoms with Gasteiger partial charge in [-0.25, -0.2) is 13.1 Å². The summed E-state index contributed by atoms with van der Waals surface area (Å²) in [7, 11) is -3.76. The van der Waals surface area contributed by atoms with Crippen LogP contribution in [-0.4, -0.2) is 38.9 Å². The summed E-state index contributed by atoms with van der Waals surface area (Å²) in [4.78, 5) is 13.9. The third-order valence-electron chi connectivity index (χ3n) is 4.01. The van der Waals surface area contributed by atoms with Gasteiger partial charge in [0.15, 0.2) is 0 Å². The summed E-state index contributed by atoms with van der Waals surface area (Å²) < 4.78 is 26.8. The molecule has 6 nitrogen and oxygen atoms in total. The van der Waals surface area contributed by atoms with Crippen LogP contribution in [0.1, 0.15) is 31.7 Å². The van der Waals surface area contributed by atoms with Gasteiger partial charge >= 0.3 is 0 Å². The maximum atomic E-state index is 12.2. The predicted molar refractivity (Wildman–Crippen MR) is 91.0 cm³/mol. The first-order valence-electron chi connectivity index (χ1n) is 7.80.